The van der Waals surface area contributed by atoms with Crippen LogP contribution in [0.2, 0.25) is 0 Å². The van der Waals surface area contributed by atoms with E-state index in [0.717, 1.165) is 0 Å². The van der Waals surface area contributed by atoms with Crippen LogP contribution in [0.15, 0.2) is 0 Å². The molecule has 0 aromatic carbocycles. The first-order valence-corrected chi connectivity index (χ1v) is 3.68. The van der Waals surface area contributed by atoms with Gasteiger partial charge in [-0.25, -0.2) is 0 Å². The fraction of sp³-hybridized carbons (Fsp3) is 1.00. The van der Waals surface area contributed by atoms with Crippen molar-refractivity contribution in [3.63, 3.8) is 0 Å². The SMILES string of the molecule is O=S(=O)(F)C(Cl)C(F)(F)F. The van der Waals surface area contributed by atoms with Crippen LogP contribution in [-0.4, -0.2) is 19.3 Å². The first-order chi connectivity index (χ1) is 4.15. The summed E-state index contributed by atoms with van der Waals surface area (Å²) in [6, 6.07) is 0. The minimum atomic E-state index is -5.72. The minimum absolute atomic E-state index is 3.46. The van der Waals surface area contributed by atoms with Gasteiger partial charge in [0.15, 0.2) is 0 Å². The van der Waals surface area contributed by atoms with Crippen LogP contribution >= 0.6 is 11.6 Å². The Morgan fingerprint density at radius 1 is 1.30 bits per heavy atom. The molecular formula is C2HClF4O2S. The van der Waals surface area contributed by atoms with Crippen LogP contribution in [0, 0.1) is 0 Å². The number of rotatable bonds is 1. The van der Waals surface area contributed by atoms with Gasteiger partial charge in [0.05, 0.1) is 0 Å². The average Bonchev–Trinajstić information content (AvgIpc) is 1.59. The van der Waals surface area contributed by atoms with Crippen molar-refractivity contribution in [1.82, 2.24) is 0 Å². The van der Waals surface area contributed by atoms with Crippen molar-refractivity contribution in [1.29, 1.82) is 0 Å². The van der Waals surface area contributed by atoms with E-state index in [4.69, 9.17) is 0 Å². The summed E-state index contributed by atoms with van der Waals surface area (Å²) in [6.07, 6.45) is -5.25. The lowest BCUT2D eigenvalue weighted by molar-refractivity contribution is -0.115. The summed E-state index contributed by atoms with van der Waals surface area (Å²) in [4.78, 5) is 0. The molecule has 0 saturated carbocycles. The molecule has 1 atom stereocenters. The summed E-state index contributed by atoms with van der Waals surface area (Å²) in [5.74, 6) is 0. The smallest absolute Gasteiger partial charge is 0.193 e. The summed E-state index contributed by atoms with van der Waals surface area (Å²) in [7, 11) is -5.72. The van der Waals surface area contributed by atoms with Crippen molar-refractivity contribution >= 4 is 21.8 Å². The molecule has 0 aromatic rings. The molecule has 0 aromatic heterocycles. The Morgan fingerprint density at radius 3 is 1.60 bits per heavy atom. The summed E-state index contributed by atoms with van der Waals surface area (Å²) in [5.41, 5.74) is 0. The second-order valence-electron chi connectivity index (χ2n) is 1.33. The molecule has 0 amide bonds. The highest BCUT2D eigenvalue weighted by molar-refractivity contribution is 7.88. The third kappa shape index (κ3) is 2.70. The van der Waals surface area contributed by atoms with Crippen molar-refractivity contribution in [2.45, 2.75) is 10.9 Å². The third-order valence-corrected chi connectivity index (χ3v) is 2.15. The Kier molecular flexibility index (Phi) is 2.53. The van der Waals surface area contributed by atoms with E-state index >= 15 is 0 Å². The van der Waals surface area contributed by atoms with Gasteiger partial charge < -0.3 is 0 Å². The van der Waals surface area contributed by atoms with Crippen LogP contribution < -0.4 is 0 Å². The Balaban J connectivity index is 4.56. The molecule has 10 heavy (non-hydrogen) atoms. The van der Waals surface area contributed by atoms with E-state index in [-0.39, 0.29) is 0 Å². The van der Waals surface area contributed by atoms with Crippen LogP contribution in [0.5, 0.6) is 0 Å². The molecule has 1 unspecified atom stereocenters. The van der Waals surface area contributed by atoms with Crippen molar-refractivity contribution in [3.05, 3.63) is 0 Å². The maximum atomic E-state index is 11.4. The summed E-state index contributed by atoms with van der Waals surface area (Å²) in [5, 5.41) is 0. The lowest BCUT2D eigenvalue weighted by atomic mass is 10.8. The predicted molar refractivity (Wildman–Crippen MR) is 25.7 cm³/mol. The second-order valence-corrected chi connectivity index (χ2v) is 3.45. The molecule has 0 N–H and O–H groups in total. The van der Waals surface area contributed by atoms with Crippen molar-refractivity contribution < 1.29 is 25.5 Å². The number of halogens is 5. The van der Waals surface area contributed by atoms with E-state index in [2.05, 4.69) is 11.6 Å². The number of alkyl halides is 4. The van der Waals surface area contributed by atoms with Gasteiger partial charge in [-0.05, 0) is 0 Å². The normalized spacial score (nSPS) is 16.9. The van der Waals surface area contributed by atoms with Crippen LogP contribution in [0.4, 0.5) is 17.1 Å². The van der Waals surface area contributed by atoms with Gasteiger partial charge in [-0.15, -0.1) is 3.89 Å². The summed E-state index contributed by atoms with van der Waals surface area (Å²) < 4.78 is 60.4. The van der Waals surface area contributed by atoms with Crippen LogP contribution in [0.3, 0.4) is 0 Å². The molecule has 0 bridgehead atoms. The van der Waals surface area contributed by atoms with Gasteiger partial charge in [0.1, 0.15) is 0 Å². The molecule has 62 valence electrons. The van der Waals surface area contributed by atoms with Gasteiger partial charge in [0.2, 0.25) is 0 Å². The van der Waals surface area contributed by atoms with Crippen molar-refractivity contribution in [2.75, 3.05) is 0 Å². The lowest BCUT2D eigenvalue weighted by Crippen LogP contribution is -2.28. The standard InChI is InChI=1S/C2HClF4O2S/c3-1(2(4,5)6)10(7,8)9/h1H. The van der Waals surface area contributed by atoms with Gasteiger partial charge >= 0.3 is 16.4 Å². The van der Waals surface area contributed by atoms with Crippen LogP contribution in [0.25, 0.3) is 0 Å². The Bertz CT molecular complexity index is 206. The Morgan fingerprint density at radius 2 is 1.60 bits per heavy atom. The molecule has 2 nitrogen and oxygen atoms in total. The van der Waals surface area contributed by atoms with E-state index in [0.29, 0.717) is 0 Å². The van der Waals surface area contributed by atoms with Crippen LogP contribution in [-0.2, 0) is 10.2 Å². The first-order valence-electron chi connectivity index (χ1n) is 1.80. The van der Waals surface area contributed by atoms with Crippen LogP contribution in [0.1, 0.15) is 0 Å². The monoisotopic (exact) mass is 200 g/mol. The number of hydrogen-bond donors (Lipinski definition) is 0. The molecule has 0 aliphatic heterocycles. The van der Waals surface area contributed by atoms with Gasteiger partial charge in [-0.2, -0.15) is 21.6 Å². The zero-order chi connectivity index (χ0) is 8.58. The highest BCUT2D eigenvalue weighted by Gasteiger charge is 2.47. The van der Waals surface area contributed by atoms with E-state index in [1.165, 1.54) is 0 Å². The number of hydrogen-bond acceptors (Lipinski definition) is 2. The third-order valence-electron chi connectivity index (χ3n) is 0.505. The molecule has 0 saturated heterocycles. The molecule has 0 radical (unpaired) electrons. The maximum Gasteiger partial charge on any atom is 0.421 e. The molecular weight excluding hydrogens is 200 g/mol. The summed E-state index contributed by atoms with van der Waals surface area (Å²) >= 11 is 4.15. The van der Waals surface area contributed by atoms with E-state index in [1.807, 2.05) is 0 Å². The molecule has 0 fully saturated rings. The molecule has 0 aliphatic rings. The average molecular weight is 201 g/mol. The minimum Gasteiger partial charge on any atom is -0.193 e. The van der Waals surface area contributed by atoms with Crippen molar-refractivity contribution in [3.8, 4) is 0 Å². The molecule has 0 spiro atoms. The highest BCUT2D eigenvalue weighted by Crippen LogP contribution is 2.29. The van der Waals surface area contributed by atoms with Crippen molar-refractivity contribution in [2.24, 2.45) is 0 Å². The quantitative estimate of drug-likeness (QED) is 0.364. The topological polar surface area (TPSA) is 34.1 Å². The van der Waals surface area contributed by atoms with E-state index in [9.17, 15) is 25.5 Å². The zero-order valence-electron chi connectivity index (χ0n) is 4.19. The Hall–Kier alpha value is -0.0400. The van der Waals surface area contributed by atoms with E-state index in [1.54, 1.807) is 0 Å². The molecule has 8 heteroatoms. The molecule has 0 aliphatic carbocycles. The fourth-order valence-corrected chi connectivity index (χ4v) is 0.479. The summed E-state index contributed by atoms with van der Waals surface area (Å²) in [6.45, 7) is 0. The molecule has 0 heterocycles. The maximum absolute atomic E-state index is 11.4. The van der Waals surface area contributed by atoms with E-state index < -0.39 is 21.1 Å². The second kappa shape index (κ2) is 2.54. The van der Waals surface area contributed by atoms with Gasteiger partial charge in [0.25, 0.3) is 4.71 Å². The first kappa shape index (κ1) is 9.96. The highest BCUT2D eigenvalue weighted by atomic mass is 35.5. The van der Waals surface area contributed by atoms with Gasteiger partial charge in [-0.3, -0.25) is 0 Å². The van der Waals surface area contributed by atoms with Gasteiger partial charge in [-0.1, -0.05) is 11.6 Å². The largest absolute Gasteiger partial charge is 0.421 e. The molecule has 0 rings (SSSR count). The predicted octanol–water partition coefficient (Wildman–Crippen LogP) is 1.41. The Labute approximate surface area is 59.0 Å². The fourth-order valence-electron chi connectivity index (χ4n) is 0.160. The zero-order valence-corrected chi connectivity index (χ0v) is 5.76. The van der Waals surface area contributed by atoms with Gasteiger partial charge in [0, 0.05) is 0 Å². The lowest BCUT2D eigenvalue weighted by Gasteiger charge is -2.07.